The summed E-state index contributed by atoms with van der Waals surface area (Å²) in [6, 6.07) is 7.66. The van der Waals surface area contributed by atoms with Gasteiger partial charge in [0.25, 0.3) is 5.91 Å². The third-order valence-electron chi connectivity index (χ3n) is 2.36. The number of nitrogens with zero attached hydrogens (tertiary/aromatic N) is 2. The van der Waals surface area contributed by atoms with E-state index < -0.39 is 10.8 Å². The summed E-state index contributed by atoms with van der Waals surface area (Å²) in [5.41, 5.74) is 0.982. The summed E-state index contributed by atoms with van der Waals surface area (Å²) in [5.74, 6) is -0.267. The van der Waals surface area contributed by atoms with Crippen LogP contribution >= 0.6 is 39.1 Å². The van der Waals surface area contributed by atoms with Crippen LogP contribution in [-0.2, 0) is 11.3 Å². The van der Waals surface area contributed by atoms with Gasteiger partial charge in [0.05, 0.1) is 11.9 Å². The highest BCUT2D eigenvalue weighted by molar-refractivity contribution is 9.10. The third kappa shape index (κ3) is 3.00. The third-order valence-corrected chi connectivity index (χ3v) is 3.84. The molecule has 1 aromatic rings. The molecule has 0 bridgehead atoms. The average Bonchev–Trinajstić information content (AvgIpc) is 2.33. The molecule has 17 heavy (non-hydrogen) atoms. The number of carbonyl (C=O) groups excluding carboxylic acids is 1. The normalized spacial score (nSPS) is 24.2. The first-order valence-corrected chi connectivity index (χ1v) is 6.62. The van der Waals surface area contributed by atoms with E-state index in [2.05, 4.69) is 21.0 Å². The highest BCUT2D eigenvalue weighted by atomic mass is 79.9. The van der Waals surface area contributed by atoms with Crippen molar-refractivity contribution >= 4 is 51.3 Å². The van der Waals surface area contributed by atoms with Gasteiger partial charge >= 0.3 is 0 Å². The highest BCUT2D eigenvalue weighted by Crippen LogP contribution is 2.19. The van der Waals surface area contributed by atoms with Crippen LogP contribution in [-0.4, -0.2) is 27.9 Å². The van der Waals surface area contributed by atoms with E-state index in [1.807, 2.05) is 24.3 Å². The lowest BCUT2D eigenvalue weighted by Crippen LogP contribution is -2.42. The molecule has 0 N–H and O–H groups in total. The zero-order chi connectivity index (χ0) is 12.4. The lowest BCUT2D eigenvalue weighted by molar-refractivity contribution is -0.131. The highest BCUT2D eigenvalue weighted by Gasteiger charge is 2.31. The fraction of sp³-hybridized carbons (Fsp3) is 0.273. The van der Waals surface area contributed by atoms with E-state index in [1.54, 1.807) is 0 Å². The minimum absolute atomic E-state index is 0.267. The Morgan fingerprint density at radius 2 is 1.94 bits per heavy atom. The van der Waals surface area contributed by atoms with Gasteiger partial charge in [-0.15, -0.1) is 23.2 Å². The molecule has 0 aliphatic carbocycles. The molecular weight excluding hydrogens is 327 g/mol. The second-order valence-electron chi connectivity index (χ2n) is 3.63. The summed E-state index contributed by atoms with van der Waals surface area (Å²) in [5, 5.41) is 4.04. The number of hydrogen-bond donors (Lipinski definition) is 0. The van der Waals surface area contributed by atoms with Gasteiger partial charge in [-0.25, -0.2) is 5.01 Å². The van der Waals surface area contributed by atoms with Gasteiger partial charge < -0.3 is 0 Å². The standard InChI is InChI=1S/C11H9BrCl2N2O/c12-8-3-1-7(2-4-8)6-16-11(17)10(14)9(13)5-15-16/h1-5,9-10H,6H2. The van der Waals surface area contributed by atoms with Crippen molar-refractivity contribution in [3.05, 3.63) is 34.3 Å². The van der Waals surface area contributed by atoms with Gasteiger partial charge in [0.15, 0.2) is 0 Å². The van der Waals surface area contributed by atoms with Crippen molar-refractivity contribution in [1.29, 1.82) is 0 Å². The van der Waals surface area contributed by atoms with E-state index in [0.29, 0.717) is 6.54 Å². The molecule has 1 aromatic carbocycles. The van der Waals surface area contributed by atoms with Gasteiger partial charge in [-0.1, -0.05) is 28.1 Å². The van der Waals surface area contributed by atoms with Crippen molar-refractivity contribution in [2.24, 2.45) is 5.10 Å². The van der Waals surface area contributed by atoms with Crippen LogP contribution in [0.15, 0.2) is 33.8 Å². The van der Waals surface area contributed by atoms with Crippen molar-refractivity contribution in [2.45, 2.75) is 17.3 Å². The molecule has 2 rings (SSSR count). The molecule has 0 saturated heterocycles. The Bertz CT molecular complexity index is 449. The van der Waals surface area contributed by atoms with Gasteiger partial charge in [0, 0.05) is 10.7 Å². The van der Waals surface area contributed by atoms with Crippen molar-refractivity contribution < 1.29 is 4.79 Å². The summed E-state index contributed by atoms with van der Waals surface area (Å²) in [7, 11) is 0. The van der Waals surface area contributed by atoms with Crippen molar-refractivity contribution in [3.63, 3.8) is 0 Å². The summed E-state index contributed by atoms with van der Waals surface area (Å²) in [6.07, 6.45) is 1.49. The molecule has 0 fully saturated rings. The van der Waals surface area contributed by atoms with Crippen LogP contribution in [0.3, 0.4) is 0 Å². The largest absolute Gasteiger partial charge is 0.271 e. The number of alkyl halides is 2. The van der Waals surface area contributed by atoms with Crippen LogP contribution in [0.4, 0.5) is 0 Å². The summed E-state index contributed by atoms with van der Waals surface area (Å²) >= 11 is 15.0. The molecule has 0 saturated carbocycles. The average molecular weight is 336 g/mol. The summed E-state index contributed by atoms with van der Waals surface area (Å²) < 4.78 is 0.991. The van der Waals surface area contributed by atoms with Crippen molar-refractivity contribution in [2.75, 3.05) is 0 Å². The number of hydrazone groups is 1. The first-order valence-electron chi connectivity index (χ1n) is 4.96. The lowest BCUT2D eigenvalue weighted by Gasteiger charge is -2.25. The van der Waals surface area contributed by atoms with E-state index >= 15 is 0 Å². The minimum Gasteiger partial charge on any atom is -0.271 e. The Labute approximate surface area is 118 Å². The van der Waals surface area contributed by atoms with Gasteiger partial charge in [0.2, 0.25) is 0 Å². The first-order chi connectivity index (χ1) is 8.08. The quantitative estimate of drug-likeness (QED) is 0.765. The fourth-order valence-electron chi connectivity index (χ4n) is 1.44. The molecular formula is C11H9BrCl2N2O. The SMILES string of the molecule is O=C1C(Cl)C(Cl)C=NN1Cc1ccc(Br)cc1. The Morgan fingerprint density at radius 3 is 2.59 bits per heavy atom. The van der Waals surface area contributed by atoms with Crippen LogP contribution in [0.2, 0.25) is 0 Å². The molecule has 1 aliphatic heterocycles. The topological polar surface area (TPSA) is 32.7 Å². The lowest BCUT2D eigenvalue weighted by atomic mass is 10.2. The molecule has 0 radical (unpaired) electrons. The number of halogens is 3. The summed E-state index contributed by atoms with van der Waals surface area (Å²) in [6.45, 7) is 0.398. The molecule has 0 aromatic heterocycles. The Morgan fingerprint density at radius 1 is 1.29 bits per heavy atom. The van der Waals surface area contributed by atoms with E-state index in [0.717, 1.165) is 10.0 Å². The maximum atomic E-state index is 11.8. The van der Waals surface area contributed by atoms with E-state index in [1.165, 1.54) is 11.2 Å². The van der Waals surface area contributed by atoms with Crippen molar-refractivity contribution in [3.8, 4) is 0 Å². The maximum absolute atomic E-state index is 11.8. The Balaban J connectivity index is 2.11. The maximum Gasteiger partial charge on any atom is 0.262 e. The van der Waals surface area contributed by atoms with Crippen molar-refractivity contribution in [1.82, 2.24) is 5.01 Å². The minimum atomic E-state index is -0.746. The molecule has 0 spiro atoms. The van der Waals surface area contributed by atoms with Crippen LogP contribution in [0, 0.1) is 0 Å². The van der Waals surface area contributed by atoms with E-state index in [-0.39, 0.29) is 5.91 Å². The number of rotatable bonds is 2. The Kier molecular flexibility index (Phi) is 4.07. The second kappa shape index (κ2) is 5.38. The predicted octanol–water partition coefficient (Wildman–Crippen LogP) is 2.99. The zero-order valence-electron chi connectivity index (χ0n) is 8.69. The molecule has 1 amide bonds. The molecule has 90 valence electrons. The molecule has 2 unspecified atom stereocenters. The van der Waals surface area contributed by atoms with Gasteiger partial charge in [-0.3, -0.25) is 4.79 Å². The summed E-state index contributed by atoms with van der Waals surface area (Å²) in [4.78, 5) is 11.8. The fourth-order valence-corrected chi connectivity index (χ4v) is 2.04. The Hall–Kier alpha value is -0.580. The van der Waals surface area contributed by atoms with E-state index in [9.17, 15) is 4.79 Å². The molecule has 3 nitrogen and oxygen atoms in total. The van der Waals surface area contributed by atoms with Crippen LogP contribution < -0.4 is 0 Å². The molecule has 1 heterocycles. The number of hydrogen-bond acceptors (Lipinski definition) is 2. The van der Waals surface area contributed by atoms with Gasteiger partial charge in [0.1, 0.15) is 5.38 Å². The van der Waals surface area contributed by atoms with E-state index in [4.69, 9.17) is 23.2 Å². The van der Waals surface area contributed by atoms with Crippen LogP contribution in [0.25, 0.3) is 0 Å². The van der Waals surface area contributed by atoms with Crippen LogP contribution in [0.5, 0.6) is 0 Å². The molecule has 6 heteroatoms. The number of benzene rings is 1. The molecule has 1 aliphatic rings. The van der Waals surface area contributed by atoms with Gasteiger partial charge in [-0.05, 0) is 17.7 Å². The van der Waals surface area contributed by atoms with Gasteiger partial charge in [-0.2, -0.15) is 5.10 Å². The zero-order valence-corrected chi connectivity index (χ0v) is 11.8. The predicted molar refractivity (Wildman–Crippen MR) is 72.5 cm³/mol. The molecule has 2 atom stereocenters. The monoisotopic (exact) mass is 334 g/mol. The number of amides is 1. The smallest absolute Gasteiger partial charge is 0.262 e. The first kappa shape index (κ1) is 12.9. The second-order valence-corrected chi connectivity index (χ2v) is 5.52. The number of carbonyl (C=O) groups is 1. The van der Waals surface area contributed by atoms with Crippen LogP contribution in [0.1, 0.15) is 5.56 Å².